The summed E-state index contributed by atoms with van der Waals surface area (Å²) >= 11 is 5.90. The van der Waals surface area contributed by atoms with Crippen molar-refractivity contribution in [2.75, 3.05) is 18.6 Å². The van der Waals surface area contributed by atoms with Gasteiger partial charge in [-0.3, -0.25) is 4.79 Å². The summed E-state index contributed by atoms with van der Waals surface area (Å²) in [6, 6.07) is 3.15. The largest absolute Gasteiger partial charge is 0.377 e. The van der Waals surface area contributed by atoms with Gasteiger partial charge in [-0.25, -0.2) is 10.8 Å². The van der Waals surface area contributed by atoms with E-state index in [1.165, 1.54) is 0 Å². The second-order valence-corrected chi connectivity index (χ2v) is 4.05. The highest BCUT2D eigenvalue weighted by Crippen LogP contribution is 2.15. The summed E-state index contributed by atoms with van der Waals surface area (Å²) in [6.07, 6.45) is -0.0615. The van der Waals surface area contributed by atoms with Gasteiger partial charge in [-0.15, -0.1) is 0 Å². The number of hydrazine groups is 1. The second kappa shape index (κ2) is 7.15. The van der Waals surface area contributed by atoms with Crippen LogP contribution in [0.5, 0.6) is 0 Å². The first-order chi connectivity index (χ1) is 8.58. The standard InChI is InChI=1S/C11H17ClN4O2/c1-3-18-7(2)6-14-11(17)10-8(12)4-5-9(15-10)16-13/h4-5,7H,3,6,13H2,1-2H3,(H,14,17)(H,15,16). The summed E-state index contributed by atoms with van der Waals surface area (Å²) in [5.41, 5.74) is 2.50. The van der Waals surface area contributed by atoms with Gasteiger partial charge in [0, 0.05) is 13.2 Å². The van der Waals surface area contributed by atoms with Crippen molar-refractivity contribution in [1.29, 1.82) is 0 Å². The number of nitrogen functional groups attached to an aromatic ring is 1. The summed E-state index contributed by atoms with van der Waals surface area (Å²) < 4.78 is 5.30. The average Bonchev–Trinajstić information content (AvgIpc) is 2.37. The van der Waals surface area contributed by atoms with Crippen molar-refractivity contribution < 1.29 is 9.53 Å². The number of pyridine rings is 1. The molecule has 1 aromatic rings. The molecule has 1 atom stereocenters. The van der Waals surface area contributed by atoms with E-state index in [9.17, 15) is 4.79 Å². The Kier molecular flexibility index (Phi) is 5.84. The minimum absolute atomic E-state index is 0.0615. The van der Waals surface area contributed by atoms with E-state index in [-0.39, 0.29) is 22.7 Å². The Morgan fingerprint density at radius 3 is 2.94 bits per heavy atom. The number of carbonyl (C=O) groups excluding carboxylic acids is 1. The minimum Gasteiger partial charge on any atom is -0.377 e. The molecular weight excluding hydrogens is 256 g/mol. The zero-order valence-corrected chi connectivity index (χ0v) is 11.1. The SMILES string of the molecule is CCOC(C)CNC(=O)c1nc(NN)ccc1Cl. The summed E-state index contributed by atoms with van der Waals surface area (Å²) in [7, 11) is 0. The van der Waals surface area contributed by atoms with E-state index in [0.717, 1.165) is 0 Å². The number of amides is 1. The van der Waals surface area contributed by atoms with Crippen LogP contribution in [0.2, 0.25) is 5.02 Å². The van der Waals surface area contributed by atoms with E-state index >= 15 is 0 Å². The molecule has 4 N–H and O–H groups in total. The second-order valence-electron chi connectivity index (χ2n) is 3.65. The van der Waals surface area contributed by atoms with Crippen molar-refractivity contribution in [1.82, 2.24) is 10.3 Å². The summed E-state index contributed by atoms with van der Waals surface area (Å²) in [4.78, 5) is 15.9. The van der Waals surface area contributed by atoms with Crippen LogP contribution in [0.1, 0.15) is 24.3 Å². The normalized spacial score (nSPS) is 12.0. The van der Waals surface area contributed by atoms with Crippen LogP contribution in [0.25, 0.3) is 0 Å². The lowest BCUT2D eigenvalue weighted by Crippen LogP contribution is -2.33. The number of aromatic nitrogens is 1. The number of rotatable bonds is 6. The summed E-state index contributed by atoms with van der Waals surface area (Å²) in [5, 5.41) is 2.97. The third-order valence-electron chi connectivity index (χ3n) is 2.21. The van der Waals surface area contributed by atoms with Gasteiger partial charge in [0.15, 0.2) is 0 Å². The maximum absolute atomic E-state index is 11.9. The van der Waals surface area contributed by atoms with Crippen molar-refractivity contribution in [2.24, 2.45) is 5.84 Å². The van der Waals surface area contributed by atoms with Crippen LogP contribution in [0.15, 0.2) is 12.1 Å². The fourth-order valence-electron chi connectivity index (χ4n) is 1.35. The molecule has 0 aliphatic rings. The highest BCUT2D eigenvalue weighted by atomic mass is 35.5. The molecular formula is C11H17ClN4O2. The Hall–Kier alpha value is -1.37. The Morgan fingerprint density at radius 1 is 1.61 bits per heavy atom. The van der Waals surface area contributed by atoms with Crippen LogP contribution in [-0.4, -0.2) is 30.1 Å². The van der Waals surface area contributed by atoms with E-state index in [4.69, 9.17) is 22.2 Å². The third kappa shape index (κ3) is 4.14. The van der Waals surface area contributed by atoms with Crippen molar-refractivity contribution in [3.63, 3.8) is 0 Å². The number of hydrogen-bond donors (Lipinski definition) is 3. The molecule has 100 valence electrons. The number of hydrogen-bond acceptors (Lipinski definition) is 5. The molecule has 6 nitrogen and oxygen atoms in total. The van der Waals surface area contributed by atoms with Gasteiger partial charge in [0.1, 0.15) is 11.5 Å². The Morgan fingerprint density at radius 2 is 2.33 bits per heavy atom. The molecule has 1 amide bonds. The Labute approximate surface area is 111 Å². The molecule has 0 saturated heterocycles. The predicted octanol–water partition coefficient (Wildman–Crippen LogP) is 1.18. The lowest BCUT2D eigenvalue weighted by molar-refractivity contribution is 0.0693. The van der Waals surface area contributed by atoms with Gasteiger partial charge < -0.3 is 15.5 Å². The monoisotopic (exact) mass is 272 g/mol. The maximum Gasteiger partial charge on any atom is 0.271 e. The molecule has 0 spiro atoms. The van der Waals surface area contributed by atoms with Crippen molar-refractivity contribution >= 4 is 23.3 Å². The van der Waals surface area contributed by atoms with E-state index in [1.807, 2.05) is 13.8 Å². The minimum atomic E-state index is -0.358. The molecule has 7 heteroatoms. The predicted molar refractivity (Wildman–Crippen MR) is 70.5 cm³/mol. The van der Waals surface area contributed by atoms with Gasteiger partial charge in [0.2, 0.25) is 0 Å². The maximum atomic E-state index is 11.9. The smallest absolute Gasteiger partial charge is 0.271 e. The van der Waals surface area contributed by atoms with Gasteiger partial charge >= 0.3 is 0 Å². The quantitative estimate of drug-likeness (QED) is 0.534. The lowest BCUT2D eigenvalue weighted by atomic mass is 10.3. The molecule has 18 heavy (non-hydrogen) atoms. The topological polar surface area (TPSA) is 89.3 Å². The summed E-state index contributed by atoms with van der Waals surface area (Å²) in [5.74, 6) is 5.24. The molecule has 0 aliphatic carbocycles. The van der Waals surface area contributed by atoms with E-state index < -0.39 is 0 Å². The fourth-order valence-corrected chi connectivity index (χ4v) is 1.54. The average molecular weight is 273 g/mol. The third-order valence-corrected chi connectivity index (χ3v) is 2.52. The highest BCUT2D eigenvalue weighted by Gasteiger charge is 2.13. The van der Waals surface area contributed by atoms with Crippen LogP contribution < -0.4 is 16.6 Å². The molecule has 0 saturated carbocycles. The van der Waals surface area contributed by atoms with Crippen molar-refractivity contribution in [3.8, 4) is 0 Å². The molecule has 0 radical (unpaired) electrons. The number of halogens is 1. The van der Waals surface area contributed by atoms with Crippen molar-refractivity contribution in [2.45, 2.75) is 20.0 Å². The lowest BCUT2D eigenvalue weighted by Gasteiger charge is -2.13. The number of nitrogens with two attached hydrogens (primary N) is 1. The van der Waals surface area contributed by atoms with Crippen LogP contribution in [0, 0.1) is 0 Å². The van der Waals surface area contributed by atoms with Crippen molar-refractivity contribution in [3.05, 3.63) is 22.8 Å². The zero-order valence-electron chi connectivity index (χ0n) is 10.4. The zero-order chi connectivity index (χ0) is 13.5. The van der Waals surface area contributed by atoms with Gasteiger partial charge in [-0.1, -0.05) is 11.6 Å². The van der Waals surface area contributed by atoms with Crippen LogP contribution in [-0.2, 0) is 4.74 Å². The Bertz CT molecular complexity index is 414. The van der Waals surface area contributed by atoms with Gasteiger partial charge in [-0.05, 0) is 26.0 Å². The van der Waals surface area contributed by atoms with Gasteiger partial charge in [-0.2, -0.15) is 0 Å². The fraction of sp³-hybridized carbons (Fsp3) is 0.455. The molecule has 1 unspecified atom stereocenters. The van der Waals surface area contributed by atoms with E-state index in [2.05, 4.69) is 15.7 Å². The number of ether oxygens (including phenoxy) is 1. The molecule has 0 bridgehead atoms. The highest BCUT2D eigenvalue weighted by molar-refractivity contribution is 6.33. The molecule has 1 rings (SSSR count). The summed E-state index contributed by atoms with van der Waals surface area (Å²) in [6.45, 7) is 4.76. The Balaban J connectivity index is 2.66. The molecule has 0 aromatic carbocycles. The molecule has 0 aliphatic heterocycles. The van der Waals surface area contributed by atoms with Gasteiger partial charge in [0.05, 0.1) is 11.1 Å². The van der Waals surface area contributed by atoms with Crippen LogP contribution in [0.3, 0.4) is 0 Å². The number of carbonyl (C=O) groups is 1. The molecule has 1 heterocycles. The first-order valence-electron chi connectivity index (χ1n) is 5.61. The number of nitrogens with zero attached hydrogens (tertiary/aromatic N) is 1. The number of nitrogens with one attached hydrogen (secondary N) is 2. The van der Waals surface area contributed by atoms with Crippen LogP contribution in [0.4, 0.5) is 5.82 Å². The first kappa shape index (κ1) is 14.7. The van der Waals surface area contributed by atoms with Crippen LogP contribution >= 0.6 is 11.6 Å². The molecule has 1 aromatic heterocycles. The van der Waals surface area contributed by atoms with E-state index in [0.29, 0.717) is 19.0 Å². The van der Waals surface area contributed by atoms with Gasteiger partial charge in [0.25, 0.3) is 5.91 Å². The molecule has 0 fully saturated rings. The first-order valence-corrected chi connectivity index (χ1v) is 5.99. The van der Waals surface area contributed by atoms with E-state index in [1.54, 1.807) is 12.1 Å². The number of anilines is 1.